The van der Waals surface area contributed by atoms with E-state index in [-0.39, 0.29) is 12.5 Å². The second kappa shape index (κ2) is 2.46. The van der Waals surface area contributed by atoms with Gasteiger partial charge in [0.15, 0.2) is 0 Å². The van der Waals surface area contributed by atoms with Crippen LogP contribution in [0.5, 0.6) is 0 Å². The molecule has 0 radical (unpaired) electrons. The SMILES string of the molecule is C[C@@H](CO)C(C)(C)O. The minimum Gasteiger partial charge on any atom is -0.396 e. The minimum absolute atomic E-state index is 0.0394. The zero-order valence-electron chi connectivity index (χ0n) is 5.68. The van der Waals surface area contributed by atoms with Crippen molar-refractivity contribution in [2.24, 2.45) is 5.92 Å². The molecular formula is C6H14O2. The molecule has 0 amide bonds. The molecule has 0 aliphatic heterocycles. The predicted octanol–water partition coefficient (Wildman–Crippen LogP) is 0.386. The Labute approximate surface area is 50.2 Å². The van der Waals surface area contributed by atoms with Gasteiger partial charge >= 0.3 is 0 Å². The third-order valence-corrected chi connectivity index (χ3v) is 1.48. The number of aliphatic hydroxyl groups is 2. The van der Waals surface area contributed by atoms with Crippen molar-refractivity contribution in [3.8, 4) is 0 Å². The Morgan fingerprint density at radius 2 is 1.88 bits per heavy atom. The maximum atomic E-state index is 9.13. The largest absolute Gasteiger partial charge is 0.396 e. The van der Waals surface area contributed by atoms with Crippen LogP contribution in [0.2, 0.25) is 0 Å². The molecule has 0 unspecified atom stereocenters. The molecule has 2 N–H and O–H groups in total. The lowest BCUT2D eigenvalue weighted by Gasteiger charge is -2.23. The van der Waals surface area contributed by atoms with Crippen LogP contribution in [0.15, 0.2) is 0 Å². The van der Waals surface area contributed by atoms with Crippen molar-refractivity contribution in [2.75, 3.05) is 6.61 Å². The summed E-state index contributed by atoms with van der Waals surface area (Å²) in [6.07, 6.45) is 0. The van der Waals surface area contributed by atoms with Crippen molar-refractivity contribution in [1.82, 2.24) is 0 Å². The van der Waals surface area contributed by atoms with Crippen LogP contribution in [0.25, 0.3) is 0 Å². The van der Waals surface area contributed by atoms with Crippen molar-refractivity contribution in [3.05, 3.63) is 0 Å². The van der Waals surface area contributed by atoms with Gasteiger partial charge in [-0.2, -0.15) is 0 Å². The molecule has 0 aromatic carbocycles. The molecule has 0 bridgehead atoms. The molecule has 0 saturated carbocycles. The summed E-state index contributed by atoms with van der Waals surface area (Å²) in [5.41, 5.74) is -0.741. The van der Waals surface area contributed by atoms with Gasteiger partial charge in [-0.15, -0.1) is 0 Å². The highest BCUT2D eigenvalue weighted by atomic mass is 16.3. The van der Waals surface area contributed by atoms with Gasteiger partial charge in [0.25, 0.3) is 0 Å². The van der Waals surface area contributed by atoms with Gasteiger partial charge < -0.3 is 10.2 Å². The Bertz CT molecular complexity index is 63.4. The van der Waals surface area contributed by atoms with E-state index in [1.807, 2.05) is 0 Å². The van der Waals surface area contributed by atoms with E-state index in [1.165, 1.54) is 0 Å². The van der Waals surface area contributed by atoms with Crippen LogP contribution in [-0.4, -0.2) is 22.4 Å². The van der Waals surface area contributed by atoms with Crippen molar-refractivity contribution in [1.29, 1.82) is 0 Å². The third kappa shape index (κ3) is 2.28. The van der Waals surface area contributed by atoms with Crippen LogP contribution in [0, 0.1) is 5.92 Å². The van der Waals surface area contributed by atoms with Gasteiger partial charge in [0.05, 0.1) is 5.60 Å². The fourth-order valence-corrected chi connectivity index (χ4v) is 0.223. The molecule has 2 nitrogen and oxygen atoms in total. The lowest BCUT2D eigenvalue weighted by molar-refractivity contribution is 0.000239. The summed E-state index contributed by atoms with van der Waals surface area (Å²) < 4.78 is 0. The lowest BCUT2D eigenvalue weighted by Crippen LogP contribution is -2.30. The van der Waals surface area contributed by atoms with Crippen LogP contribution >= 0.6 is 0 Å². The van der Waals surface area contributed by atoms with Gasteiger partial charge in [-0.05, 0) is 13.8 Å². The van der Waals surface area contributed by atoms with Crippen LogP contribution in [-0.2, 0) is 0 Å². The normalized spacial score (nSPS) is 16.1. The van der Waals surface area contributed by atoms with Crippen LogP contribution in [0.4, 0.5) is 0 Å². The maximum absolute atomic E-state index is 9.13. The van der Waals surface area contributed by atoms with Crippen LogP contribution in [0.3, 0.4) is 0 Å². The highest BCUT2D eigenvalue weighted by Crippen LogP contribution is 2.13. The fourth-order valence-electron chi connectivity index (χ4n) is 0.223. The Morgan fingerprint density at radius 3 is 1.88 bits per heavy atom. The van der Waals surface area contributed by atoms with Gasteiger partial charge in [-0.3, -0.25) is 0 Å². The van der Waals surface area contributed by atoms with E-state index in [2.05, 4.69) is 0 Å². The van der Waals surface area contributed by atoms with E-state index < -0.39 is 5.60 Å². The number of aliphatic hydroxyl groups excluding tert-OH is 1. The van der Waals surface area contributed by atoms with E-state index in [0.29, 0.717) is 0 Å². The molecule has 0 aliphatic rings. The molecular weight excluding hydrogens is 104 g/mol. The molecule has 0 aromatic rings. The Morgan fingerprint density at radius 1 is 1.50 bits per heavy atom. The first-order valence-electron chi connectivity index (χ1n) is 2.81. The molecule has 8 heavy (non-hydrogen) atoms. The fraction of sp³-hybridized carbons (Fsp3) is 1.00. The Kier molecular flexibility index (Phi) is 2.44. The molecule has 1 atom stereocenters. The standard InChI is InChI=1S/C6H14O2/c1-5(4-7)6(2,3)8/h5,7-8H,4H2,1-3H3/t5-/m0/s1. The van der Waals surface area contributed by atoms with Crippen LogP contribution < -0.4 is 0 Å². The summed E-state index contributed by atoms with van der Waals surface area (Å²) in [6, 6.07) is 0. The van der Waals surface area contributed by atoms with E-state index >= 15 is 0 Å². The minimum atomic E-state index is -0.741. The highest BCUT2D eigenvalue weighted by molar-refractivity contribution is 4.71. The van der Waals surface area contributed by atoms with Crippen molar-refractivity contribution in [2.45, 2.75) is 26.4 Å². The van der Waals surface area contributed by atoms with Gasteiger partial charge in [0, 0.05) is 12.5 Å². The number of hydrogen-bond donors (Lipinski definition) is 2. The maximum Gasteiger partial charge on any atom is 0.0639 e. The molecule has 0 rings (SSSR count). The van der Waals surface area contributed by atoms with Crippen molar-refractivity contribution in [3.63, 3.8) is 0 Å². The van der Waals surface area contributed by atoms with Crippen molar-refractivity contribution < 1.29 is 10.2 Å². The zero-order chi connectivity index (χ0) is 6.78. The van der Waals surface area contributed by atoms with Gasteiger partial charge in [-0.1, -0.05) is 6.92 Å². The van der Waals surface area contributed by atoms with E-state index in [1.54, 1.807) is 20.8 Å². The molecule has 0 heterocycles. The first-order valence-corrected chi connectivity index (χ1v) is 2.81. The summed E-state index contributed by atoms with van der Waals surface area (Å²) in [4.78, 5) is 0. The Balaban J connectivity index is 3.62. The second-order valence-corrected chi connectivity index (χ2v) is 2.74. The summed E-state index contributed by atoms with van der Waals surface area (Å²) in [5, 5.41) is 17.6. The highest BCUT2D eigenvalue weighted by Gasteiger charge is 2.20. The monoisotopic (exact) mass is 118 g/mol. The summed E-state index contributed by atoms with van der Waals surface area (Å²) in [7, 11) is 0. The molecule has 0 spiro atoms. The first kappa shape index (κ1) is 7.92. The van der Waals surface area contributed by atoms with E-state index in [9.17, 15) is 0 Å². The lowest BCUT2D eigenvalue weighted by atomic mass is 9.94. The molecule has 50 valence electrons. The molecule has 0 aliphatic carbocycles. The summed E-state index contributed by atoms with van der Waals surface area (Å²) >= 11 is 0. The van der Waals surface area contributed by atoms with Gasteiger partial charge in [0.2, 0.25) is 0 Å². The molecule has 0 aromatic heterocycles. The third-order valence-electron chi connectivity index (χ3n) is 1.48. The first-order chi connectivity index (χ1) is 3.48. The Hall–Kier alpha value is -0.0800. The number of rotatable bonds is 2. The summed E-state index contributed by atoms with van der Waals surface area (Å²) in [6.45, 7) is 5.23. The zero-order valence-corrected chi connectivity index (χ0v) is 5.68. The molecule has 0 fully saturated rings. The predicted molar refractivity (Wildman–Crippen MR) is 32.5 cm³/mol. The average molecular weight is 118 g/mol. The second-order valence-electron chi connectivity index (χ2n) is 2.74. The van der Waals surface area contributed by atoms with Gasteiger partial charge in [0.1, 0.15) is 0 Å². The van der Waals surface area contributed by atoms with Gasteiger partial charge in [-0.25, -0.2) is 0 Å². The average Bonchev–Trinajstić information content (AvgIpc) is 1.62. The summed E-state index contributed by atoms with van der Waals surface area (Å²) in [5.74, 6) is -0.0394. The van der Waals surface area contributed by atoms with Crippen molar-refractivity contribution >= 4 is 0 Å². The smallest absolute Gasteiger partial charge is 0.0639 e. The quantitative estimate of drug-likeness (QED) is 0.550. The van der Waals surface area contributed by atoms with E-state index in [4.69, 9.17) is 10.2 Å². The number of hydrogen-bond acceptors (Lipinski definition) is 2. The molecule has 0 saturated heterocycles. The topological polar surface area (TPSA) is 40.5 Å². The molecule has 2 heteroatoms. The van der Waals surface area contributed by atoms with Crippen LogP contribution in [0.1, 0.15) is 20.8 Å². The van der Waals surface area contributed by atoms with E-state index in [0.717, 1.165) is 0 Å².